The van der Waals surface area contributed by atoms with Crippen molar-refractivity contribution in [2.45, 2.75) is 37.0 Å². The van der Waals surface area contributed by atoms with E-state index >= 15 is 0 Å². The van der Waals surface area contributed by atoms with Crippen LogP contribution in [0.4, 0.5) is 5.69 Å². The summed E-state index contributed by atoms with van der Waals surface area (Å²) >= 11 is 0. The first-order chi connectivity index (χ1) is 11.1. The van der Waals surface area contributed by atoms with E-state index in [1.165, 1.54) is 4.31 Å². The summed E-state index contributed by atoms with van der Waals surface area (Å²) in [5.74, 6) is 0.226. The first-order valence-corrected chi connectivity index (χ1v) is 9.56. The minimum atomic E-state index is -3.45. The van der Waals surface area contributed by atoms with Crippen LogP contribution < -0.4 is 5.32 Å². The molecule has 2 aliphatic rings. The predicted octanol–water partition coefficient (Wildman–Crippen LogP) is 2.77. The molecular formula is C17H22N2O3S. The van der Waals surface area contributed by atoms with Gasteiger partial charge in [-0.3, -0.25) is 4.79 Å². The highest BCUT2D eigenvalue weighted by molar-refractivity contribution is 7.89. The minimum absolute atomic E-state index is 0.0720. The summed E-state index contributed by atoms with van der Waals surface area (Å²) in [6, 6.07) is 6.54. The summed E-state index contributed by atoms with van der Waals surface area (Å²) in [7, 11) is -3.45. The maximum Gasteiger partial charge on any atom is 0.243 e. The summed E-state index contributed by atoms with van der Waals surface area (Å²) in [6.45, 7) is 1.15. The van der Waals surface area contributed by atoms with E-state index in [1.807, 2.05) is 0 Å². The van der Waals surface area contributed by atoms with E-state index in [4.69, 9.17) is 0 Å². The molecule has 0 bridgehead atoms. The molecule has 0 spiro atoms. The van der Waals surface area contributed by atoms with Crippen LogP contribution in [-0.2, 0) is 14.8 Å². The van der Waals surface area contributed by atoms with Crippen molar-refractivity contribution in [3.05, 3.63) is 36.4 Å². The summed E-state index contributed by atoms with van der Waals surface area (Å²) in [4.78, 5) is 12.3. The molecule has 5 nitrogen and oxygen atoms in total. The molecule has 0 aromatic heterocycles. The van der Waals surface area contributed by atoms with Gasteiger partial charge >= 0.3 is 0 Å². The molecule has 3 rings (SSSR count). The molecule has 124 valence electrons. The number of nitrogens with one attached hydrogen (secondary N) is 1. The standard InChI is InChI=1S/C17H22N2O3S/c20-17(12-14-6-1-2-7-14)18-15-8-5-9-16(13-15)23(21,22)19-10-3-4-11-19/h1,5-6,8-9,13-14H,2-4,7,10-12H2,(H,18,20)/t14-/m1/s1. The zero-order chi connectivity index (χ0) is 16.3. The molecule has 1 aromatic rings. The van der Waals surface area contributed by atoms with Crippen LogP contribution in [0.25, 0.3) is 0 Å². The van der Waals surface area contributed by atoms with Gasteiger partial charge < -0.3 is 5.32 Å². The van der Waals surface area contributed by atoms with E-state index in [2.05, 4.69) is 17.5 Å². The zero-order valence-corrected chi connectivity index (χ0v) is 13.9. The molecule has 1 atom stereocenters. The fraction of sp³-hybridized carbons (Fsp3) is 0.471. The van der Waals surface area contributed by atoms with Crippen molar-refractivity contribution in [2.75, 3.05) is 18.4 Å². The monoisotopic (exact) mass is 334 g/mol. The largest absolute Gasteiger partial charge is 0.326 e. The molecule has 6 heteroatoms. The number of nitrogens with zero attached hydrogens (tertiary/aromatic N) is 1. The van der Waals surface area contributed by atoms with Crippen LogP contribution in [0.1, 0.15) is 32.1 Å². The Kier molecular flexibility index (Phi) is 4.82. The van der Waals surface area contributed by atoms with Crippen molar-refractivity contribution in [3.63, 3.8) is 0 Å². The third kappa shape index (κ3) is 3.82. The number of carbonyl (C=O) groups excluding carboxylic acids is 1. The van der Waals surface area contributed by atoms with Crippen molar-refractivity contribution in [2.24, 2.45) is 5.92 Å². The molecule has 1 amide bonds. The molecule has 0 saturated carbocycles. The summed E-state index contributed by atoms with van der Waals surface area (Å²) in [5, 5.41) is 2.82. The number of hydrogen-bond acceptors (Lipinski definition) is 3. The van der Waals surface area contributed by atoms with Crippen molar-refractivity contribution in [3.8, 4) is 0 Å². The minimum Gasteiger partial charge on any atom is -0.326 e. The average molecular weight is 334 g/mol. The number of anilines is 1. The van der Waals surface area contributed by atoms with E-state index in [-0.39, 0.29) is 10.8 Å². The van der Waals surface area contributed by atoms with Gasteiger partial charge in [0.15, 0.2) is 0 Å². The number of hydrogen-bond donors (Lipinski definition) is 1. The molecule has 23 heavy (non-hydrogen) atoms. The van der Waals surface area contributed by atoms with E-state index in [0.717, 1.165) is 25.7 Å². The summed E-state index contributed by atoms with van der Waals surface area (Å²) < 4.78 is 26.6. The highest BCUT2D eigenvalue weighted by Crippen LogP contribution is 2.24. The van der Waals surface area contributed by atoms with Gasteiger partial charge in [0.1, 0.15) is 0 Å². The van der Waals surface area contributed by atoms with Crippen LogP contribution >= 0.6 is 0 Å². The maximum atomic E-state index is 12.6. The Bertz CT molecular complexity index is 706. The number of sulfonamides is 1. The third-order valence-electron chi connectivity index (χ3n) is 4.38. The molecule has 1 fully saturated rings. The smallest absolute Gasteiger partial charge is 0.243 e. The highest BCUT2D eigenvalue weighted by atomic mass is 32.2. The average Bonchev–Trinajstić information content (AvgIpc) is 3.20. The van der Waals surface area contributed by atoms with Gasteiger partial charge in [-0.15, -0.1) is 0 Å². The van der Waals surface area contributed by atoms with Crippen LogP contribution in [0.2, 0.25) is 0 Å². The molecule has 1 aromatic carbocycles. The second-order valence-electron chi connectivity index (χ2n) is 6.16. The van der Waals surface area contributed by atoms with E-state index in [1.54, 1.807) is 24.3 Å². The number of carbonyl (C=O) groups is 1. The number of rotatable bonds is 5. The van der Waals surface area contributed by atoms with Gasteiger partial charge in [0.25, 0.3) is 0 Å². The quantitative estimate of drug-likeness (QED) is 0.842. The van der Waals surface area contributed by atoms with Gasteiger partial charge in [-0.2, -0.15) is 4.31 Å². The zero-order valence-electron chi connectivity index (χ0n) is 13.1. The van der Waals surface area contributed by atoms with Gasteiger partial charge in [-0.05, 0) is 49.8 Å². The van der Waals surface area contributed by atoms with E-state index < -0.39 is 10.0 Å². The molecule has 1 saturated heterocycles. The first kappa shape index (κ1) is 16.2. The van der Waals surface area contributed by atoms with Gasteiger partial charge in [0, 0.05) is 25.2 Å². The molecule has 0 unspecified atom stereocenters. The lowest BCUT2D eigenvalue weighted by Gasteiger charge is -2.16. The Morgan fingerprint density at radius 1 is 1.26 bits per heavy atom. The second kappa shape index (κ2) is 6.84. The van der Waals surface area contributed by atoms with Crippen molar-refractivity contribution >= 4 is 21.6 Å². The van der Waals surface area contributed by atoms with Crippen LogP contribution in [0, 0.1) is 5.92 Å². The predicted molar refractivity (Wildman–Crippen MR) is 89.5 cm³/mol. The molecule has 0 radical (unpaired) electrons. The lowest BCUT2D eigenvalue weighted by molar-refractivity contribution is -0.116. The van der Waals surface area contributed by atoms with Gasteiger partial charge in [-0.25, -0.2) is 8.42 Å². The van der Waals surface area contributed by atoms with Gasteiger partial charge in [0.05, 0.1) is 4.90 Å². The Balaban J connectivity index is 1.69. The molecule has 1 aliphatic heterocycles. The SMILES string of the molecule is O=C(C[C@@H]1C=CCC1)Nc1cccc(S(=O)(=O)N2CCCC2)c1. The summed E-state index contributed by atoms with van der Waals surface area (Å²) in [5.41, 5.74) is 0.539. The molecule has 1 N–H and O–H groups in total. The Hall–Kier alpha value is -1.66. The Morgan fingerprint density at radius 3 is 2.74 bits per heavy atom. The van der Waals surface area contributed by atoms with E-state index in [9.17, 15) is 13.2 Å². The summed E-state index contributed by atoms with van der Waals surface area (Å²) in [6.07, 6.45) is 8.47. The molecule has 1 aliphatic carbocycles. The fourth-order valence-electron chi connectivity index (χ4n) is 3.13. The lowest BCUT2D eigenvalue weighted by atomic mass is 10.1. The van der Waals surface area contributed by atoms with Crippen LogP contribution in [0.5, 0.6) is 0 Å². The maximum absolute atomic E-state index is 12.6. The van der Waals surface area contributed by atoms with Crippen LogP contribution in [0.3, 0.4) is 0 Å². The Labute approximate surface area is 137 Å². The highest BCUT2D eigenvalue weighted by Gasteiger charge is 2.27. The van der Waals surface area contributed by atoms with E-state index in [0.29, 0.717) is 31.1 Å². The van der Waals surface area contributed by atoms with Crippen LogP contribution in [0.15, 0.2) is 41.3 Å². The van der Waals surface area contributed by atoms with Crippen molar-refractivity contribution < 1.29 is 13.2 Å². The lowest BCUT2D eigenvalue weighted by Crippen LogP contribution is -2.28. The van der Waals surface area contributed by atoms with Gasteiger partial charge in [0.2, 0.25) is 15.9 Å². The van der Waals surface area contributed by atoms with Crippen molar-refractivity contribution in [1.29, 1.82) is 0 Å². The third-order valence-corrected chi connectivity index (χ3v) is 6.28. The van der Waals surface area contributed by atoms with Gasteiger partial charge in [-0.1, -0.05) is 18.2 Å². The number of benzene rings is 1. The first-order valence-electron chi connectivity index (χ1n) is 8.12. The van der Waals surface area contributed by atoms with Crippen LogP contribution in [-0.4, -0.2) is 31.7 Å². The number of amides is 1. The Morgan fingerprint density at radius 2 is 2.04 bits per heavy atom. The number of allylic oxidation sites excluding steroid dienone is 2. The molecule has 1 heterocycles. The van der Waals surface area contributed by atoms with Crippen molar-refractivity contribution in [1.82, 2.24) is 4.31 Å². The normalized spacial score (nSPS) is 21.7. The second-order valence-corrected chi connectivity index (χ2v) is 8.09. The molecular weight excluding hydrogens is 312 g/mol. The topological polar surface area (TPSA) is 66.5 Å². The fourth-order valence-corrected chi connectivity index (χ4v) is 4.69.